The fraction of sp³-hybridized carbons (Fsp3) is 0.167. The Morgan fingerprint density at radius 2 is 2.05 bits per heavy atom. The zero-order chi connectivity index (χ0) is 15.5. The van der Waals surface area contributed by atoms with Gasteiger partial charge in [-0.15, -0.1) is 6.42 Å². The molecule has 1 aromatic carbocycles. The summed E-state index contributed by atoms with van der Waals surface area (Å²) in [4.78, 5) is 8.60. The summed E-state index contributed by atoms with van der Waals surface area (Å²) in [6.07, 6.45) is 11.1. The lowest BCUT2D eigenvalue weighted by molar-refractivity contribution is 0.757. The first-order valence-corrected chi connectivity index (χ1v) is 7.30. The standard InChI is InChI=1S/C18H14ClN3/c1-3-9-22-16(10-13-5-7-15(19)8-6-13)11-14-12-20-17(4-2)21-18(14)22/h2,5-8,11-12H,9-10H2,1H3. The maximum atomic E-state index is 5.94. The minimum Gasteiger partial charge on any atom is -0.329 e. The van der Waals surface area contributed by atoms with E-state index in [-0.39, 0.29) is 0 Å². The summed E-state index contributed by atoms with van der Waals surface area (Å²) in [5, 5.41) is 1.72. The average molecular weight is 308 g/mol. The van der Waals surface area contributed by atoms with Gasteiger partial charge in [0.25, 0.3) is 0 Å². The van der Waals surface area contributed by atoms with Crippen molar-refractivity contribution in [2.24, 2.45) is 0 Å². The zero-order valence-electron chi connectivity index (χ0n) is 12.2. The van der Waals surface area contributed by atoms with Crippen molar-refractivity contribution in [3.05, 3.63) is 65.1 Å². The van der Waals surface area contributed by atoms with E-state index >= 15 is 0 Å². The molecule has 108 valence electrons. The molecule has 2 heterocycles. The molecule has 0 aliphatic rings. The summed E-state index contributed by atoms with van der Waals surface area (Å²) < 4.78 is 2.12. The van der Waals surface area contributed by atoms with E-state index in [1.807, 2.05) is 31.2 Å². The number of rotatable bonds is 4. The van der Waals surface area contributed by atoms with Crippen molar-refractivity contribution in [3.63, 3.8) is 0 Å². The molecule has 0 N–H and O–H groups in total. The van der Waals surface area contributed by atoms with E-state index in [0.29, 0.717) is 12.4 Å². The quantitative estimate of drug-likeness (QED) is 0.687. The molecule has 3 aromatic rings. The second-order valence-electron chi connectivity index (χ2n) is 5.00. The van der Waals surface area contributed by atoms with Crippen LogP contribution in [-0.2, 0) is 13.0 Å². The zero-order valence-corrected chi connectivity index (χ0v) is 12.9. The van der Waals surface area contributed by atoms with E-state index in [1.165, 1.54) is 5.56 Å². The highest BCUT2D eigenvalue weighted by Crippen LogP contribution is 2.21. The summed E-state index contributed by atoms with van der Waals surface area (Å²) in [7, 11) is 0. The van der Waals surface area contributed by atoms with Crippen LogP contribution in [0.2, 0.25) is 5.02 Å². The van der Waals surface area contributed by atoms with E-state index in [4.69, 9.17) is 18.0 Å². The molecule has 4 heteroatoms. The van der Waals surface area contributed by atoms with Gasteiger partial charge < -0.3 is 4.57 Å². The largest absolute Gasteiger partial charge is 0.329 e. The predicted molar refractivity (Wildman–Crippen MR) is 88.6 cm³/mol. The van der Waals surface area contributed by atoms with Crippen LogP contribution in [0.1, 0.15) is 24.0 Å². The van der Waals surface area contributed by atoms with Gasteiger partial charge in [-0.2, -0.15) is 0 Å². The van der Waals surface area contributed by atoms with Gasteiger partial charge in [0.2, 0.25) is 5.82 Å². The normalized spacial score (nSPS) is 10.8. The van der Waals surface area contributed by atoms with Crippen LogP contribution in [0.5, 0.6) is 0 Å². The third kappa shape index (κ3) is 2.84. The molecule has 0 atom stereocenters. The SMILES string of the molecule is C#Cc1ncc2cc(Cc3ccc(Cl)cc3)n(C[C]C)c2n1. The Bertz CT molecular complexity index is 841. The molecule has 0 saturated carbocycles. The monoisotopic (exact) mass is 307 g/mol. The minimum absolute atomic E-state index is 0.404. The van der Waals surface area contributed by atoms with Gasteiger partial charge in [0.15, 0.2) is 0 Å². The van der Waals surface area contributed by atoms with Crippen LogP contribution >= 0.6 is 11.6 Å². The summed E-state index contributed by atoms with van der Waals surface area (Å²) in [6.45, 7) is 2.56. The first-order chi connectivity index (χ1) is 10.7. The first-order valence-electron chi connectivity index (χ1n) is 6.92. The Hall–Kier alpha value is -2.31. The minimum atomic E-state index is 0.404. The van der Waals surface area contributed by atoms with Crippen molar-refractivity contribution in [2.45, 2.75) is 19.9 Å². The van der Waals surface area contributed by atoms with Crippen molar-refractivity contribution in [3.8, 4) is 12.3 Å². The van der Waals surface area contributed by atoms with Gasteiger partial charge >= 0.3 is 0 Å². The summed E-state index contributed by atoms with van der Waals surface area (Å²) >= 11 is 5.94. The molecule has 22 heavy (non-hydrogen) atoms. The van der Waals surface area contributed by atoms with E-state index in [9.17, 15) is 0 Å². The van der Waals surface area contributed by atoms with Crippen LogP contribution in [-0.4, -0.2) is 14.5 Å². The van der Waals surface area contributed by atoms with Crippen molar-refractivity contribution in [1.82, 2.24) is 14.5 Å². The van der Waals surface area contributed by atoms with Gasteiger partial charge in [0.1, 0.15) is 5.65 Å². The summed E-state index contributed by atoms with van der Waals surface area (Å²) in [5.41, 5.74) is 3.19. The highest BCUT2D eigenvalue weighted by atomic mass is 35.5. The van der Waals surface area contributed by atoms with Crippen molar-refractivity contribution >= 4 is 22.6 Å². The van der Waals surface area contributed by atoms with Gasteiger partial charge in [-0.3, -0.25) is 0 Å². The fourth-order valence-electron chi connectivity index (χ4n) is 2.46. The number of terminal acetylenes is 1. The maximum Gasteiger partial charge on any atom is 0.206 e. The molecule has 0 bridgehead atoms. The highest BCUT2D eigenvalue weighted by Gasteiger charge is 2.11. The Morgan fingerprint density at radius 1 is 1.27 bits per heavy atom. The Kier molecular flexibility index (Phi) is 4.13. The third-order valence-corrected chi connectivity index (χ3v) is 3.72. The van der Waals surface area contributed by atoms with Crippen LogP contribution in [0.3, 0.4) is 0 Å². The number of nitrogens with zero attached hydrogens (tertiary/aromatic N) is 3. The second-order valence-corrected chi connectivity index (χ2v) is 5.43. The first kappa shape index (κ1) is 14.6. The number of fused-ring (bicyclic) bond motifs is 1. The number of aromatic nitrogens is 3. The number of benzene rings is 1. The molecule has 0 amide bonds. The molecule has 0 fully saturated rings. The lowest BCUT2D eigenvalue weighted by Gasteiger charge is -2.09. The molecule has 0 unspecified atom stereocenters. The van der Waals surface area contributed by atoms with E-state index in [2.05, 4.69) is 32.9 Å². The van der Waals surface area contributed by atoms with Crippen LogP contribution in [0, 0.1) is 18.8 Å². The fourth-order valence-corrected chi connectivity index (χ4v) is 2.58. The average Bonchev–Trinajstić information content (AvgIpc) is 2.87. The van der Waals surface area contributed by atoms with Crippen molar-refractivity contribution in [2.75, 3.05) is 0 Å². The maximum absolute atomic E-state index is 5.94. The molecule has 0 spiro atoms. The topological polar surface area (TPSA) is 30.7 Å². The molecule has 2 radical (unpaired) electrons. The van der Waals surface area contributed by atoms with Crippen LogP contribution < -0.4 is 0 Å². The van der Waals surface area contributed by atoms with Gasteiger partial charge in [-0.05, 0) is 29.7 Å². The van der Waals surface area contributed by atoms with Gasteiger partial charge in [-0.1, -0.05) is 30.7 Å². The molecular formula is C18H14ClN3. The molecule has 3 nitrogen and oxygen atoms in total. The van der Waals surface area contributed by atoms with E-state index < -0.39 is 0 Å². The van der Waals surface area contributed by atoms with Gasteiger partial charge in [-0.25, -0.2) is 9.97 Å². The molecule has 0 aliphatic heterocycles. The lowest BCUT2D eigenvalue weighted by Crippen LogP contribution is -2.05. The molecule has 0 aliphatic carbocycles. The molecular weight excluding hydrogens is 294 g/mol. The lowest BCUT2D eigenvalue weighted by atomic mass is 10.1. The van der Waals surface area contributed by atoms with Gasteiger partial charge in [0, 0.05) is 41.7 Å². The number of hydrogen-bond acceptors (Lipinski definition) is 2. The van der Waals surface area contributed by atoms with E-state index in [0.717, 1.165) is 28.2 Å². The predicted octanol–water partition coefficient (Wildman–Crippen LogP) is 3.76. The number of hydrogen-bond donors (Lipinski definition) is 0. The molecule has 2 aromatic heterocycles. The van der Waals surface area contributed by atoms with E-state index in [1.54, 1.807) is 6.20 Å². The van der Waals surface area contributed by atoms with Crippen LogP contribution in [0.15, 0.2) is 36.5 Å². The Balaban J connectivity index is 2.06. The second kappa shape index (κ2) is 6.21. The smallest absolute Gasteiger partial charge is 0.206 e. The van der Waals surface area contributed by atoms with Crippen LogP contribution in [0.25, 0.3) is 11.0 Å². The summed E-state index contributed by atoms with van der Waals surface area (Å²) in [5.74, 6) is 2.89. The van der Waals surface area contributed by atoms with Crippen LogP contribution in [0.4, 0.5) is 0 Å². The third-order valence-electron chi connectivity index (χ3n) is 3.46. The van der Waals surface area contributed by atoms with Crippen molar-refractivity contribution in [1.29, 1.82) is 0 Å². The number of halogens is 1. The Morgan fingerprint density at radius 3 is 2.73 bits per heavy atom. The highest BCUT2D eigenvalue weighted by molar-refractivity contribution is 6.30. The van der Waals surface area contributed by atoms with Crippen molar-refractivity contribution < 1.29 is 0 Å². The Labute approximate surface area is 135 Å². The molecule has 0 saturated heterocycles. The summed E-state index contributed by atoms with van der Waals surface area (Å²) in [6, 6.07) is 9.96. The van der Waals surface area contributed by atoms with Gasteiger partial charge in [0.05, 0.1) is 0 Å². The molecule has 3 rings (SSSR count).